The molecule has 0 fully saturated rings. The number of hydrogen-bond acceptors (Lipinski definition) is 3. The Morgan fingerprint density at radius 1 is 1.20 bits per heavy atom. The van der Waals surface area contributed by atoms with E-state index in [1.165, 1.54) is 11.1 Å². The van der Waals surface area contributed by atoms with E-state index in [1.807, 2.05) is 18.2 Å². The zero-order valence-corrected chi connectivity index (χ0v) is 12.4. The van der Waals surface area contributed by atoms with Crippen LogP contribution in [0, 0.1) is 6.92 Å². The van der Waals surface area contributed by atoms with Gasteiger partial charge in [-0.3, -0.25) is 4.98 Å². The van der Waals surface area contributed by atoms with Gasteiger partial charge in [0.15, 0.2) is 0 Å². The minimum atomic E-state index is 0.477. The van der Waals surface area contributed by atoms with Crippen molar-refractivity contribution in [2.45, 2.75) is 39.8 Å². The smallest absolute Gasteiger partial charge is 0.130 e. The van der Waals surface area contributed by atoms with Crippen LogP contribution in [-0.4, -0.2) is 4.98 Å². The number of pyridine rings is 1. The molecule has 0 aliphatic rings. The molecule has 3 nitrogen and oxygen atoms in total. The first-order chi connectivity index (χ1) is 9.60. The van der Waals surface area contributed by atoms with Crippen LogP contribution >= 0.6 is 0 Å². The third kappa shape index (κ3) is 3.58. The Kier molecular flexibility index (Phi) is 4.74. The van der Waals surface area contributed by atoms with Crippen LogP contribution in [0.5, 0.6) is 5.75 Å². The molecule has 0 spiro atoms. The van der Waals surface area contributed by atoms with E-state index in [4.69, 9.17) is 10.5 Å². The first kappa shape index (κ1) is 14.5. The summed E-state index contributed by atoms with van der Waals surface area (Å²) in [5.74, 6) is 1.42. The van der Waals surface area contributed by atoms with Crippen LogP contribution in [0.2, 0.25) is 0 Å². The maximum Gasteiger partial charge on any atom is 0.130 e. The lowest BCUT2D eigenvalue weighted by molar-refractivity contribution is 0.301. The number of aromatic nitrogens is 1. The highest BCUT2D eigenvalue weighted by molar-refractivity contribution is 5.36. The number of hydrogen-bond donors (Lipinski definition) is 1. The summed E-state index contributed by atoms with van der Waals surface area (Å²) in [6.07, 6.45) is 1.80. The van der Waals surface area contributed by atoms with Crippen molar-refractivity contribution in [3.63, 3.8) is 0 Å². The molecule has 0 bridgehead atoms. The van der Waals surface area contributed by atoms with Gasteiger partial charge in [0, 0.05) is 12.7 Å². The Balaban J connectivity index is 2.01. The maximum atomic E-state index is 5.79. The molecule has 1 aromatic heterocycles. The van der Waals surface area contributed by atoms with E-state index in [-0.39, 0.29) is 0 Å². The molecule has 0 saturated heterocycles. The minimum absolute atomic E-state index is 0.477. The van der Waals surface area contributed by atoms with Crippen molar-refractivity contribution in [1.29, 1.82) is 0 Å². The number of ether oxygens (including phenoxy) is 1. The summed E-state index contributed by atoms with van der Waals surface area (Å²) < 4.78 is 5.79. The van der Waals surface area contributed by atoms with Crippen molar-refractivity contribution < 1.29 is 4.74 Å². The standard InChI is InChI=1S/C17H22N2O/c1-12(2)17-7-6-16(8-13(17)3)20-11-15-5-4-14(9-18)10-19-15/h4-8,10,12H,9,11,18H2,1-3H3. The second-order valence-electron chi connectivity index (χ2n) is 5.32. The summed E-state index contributed by atoms with van der Waals surface area (Å²) in [6.45, 7) is 7.52. The second-order valence-corrected chi connectivity index (χ2v) is 5.32. The Hall–Kier alpha value is -1.87. The van der Waals surface area contributed by atoms with Gasteiger partial charge in [-0.05, 0) is 47.7 Å². The topological polar surface area (TPSA) is 48.1 Å². The lowest BCUT2D eigenvalue weighted by atomic mass is 9.98. The molecule has 2 N–H and O–H groups in total. The van der Waals surface area contributed by atoms with Gasteiger partial charge in [-0.1, -0.05) is 26.0 Å². The molecule has 1 aromatic carbocycles. The SMILES string of the molecule is Cc1cc(OCc2ccc(CN)cn2)ccc1C(C)C. The molecule has 0 aliphatic heterocycles. The number of benzene rings is 1. The predicted octanol–water partition coefficient (Wildman–Crippen LogP) is 3.55. The highest BCUT2D eigenvalue weighted by Crippen LogP contribution is 2.23. The van der Waals surface area contributed by atoms with Gasteiger partial charge in [-0.15, -0.1) is 0 Å². The fraction of sp³-hybridized carbons (Fsp3) is 0.353. The van der Waals surface area contributed by atoms with E-state index in [2.05, 4.69) is 37.9 Å². The van der Waals surface area contributed by atoms with E-state index in [0.29, 0.717) is 19.1 Å². The lowest BCUT2D eigenvalue weighted by Gasteiger charge is -2.12. The van der Waals surface area contributed by atoms with Gasteiger partial charge in [-0.25, -0.2) is 0 Å². The van der Waals surface area contributed by atoms with Gasteiger partial charge in [0.1, 0.15) is 12.4 Å². The highest BCUT2D eigenvalue weighted by Gasteiger charge is 2.05. The van der Waals surface area contributed by atoms with Crippen molar-refractivity contribution in [3.05, 3.63) is 58.9 Å². The zero-order valence-electron chi connectivity index (χ0n) is 12.4. The molecule has 0 radical (unpaired) electrons. The van der Waals surface area contributed by atoms with Crippen LogP contribution in [0.3, 0.4) is 0 Å². The average Bonchev–Trinajstić information content (AvgIpc) is 2.45. The first-order valence-electron chi connectivity index (χ1n) is 6.97. The number of aryl methyl sites for hydroxylation is 1. The van der Waals surface area contributed by atoms with Gasteiger partial charge in [0.05, 0.1) is 5.69 Å². The van der Waals surface area contributed by atoms with Crippen LogP contribution in [0.1, 0.15) is 42.1 Å². The van der Waals surface area contributed by atoms with Gasteiger partial charge in [0.25, 0.3) is 0 Å². The summed E-state index contributed by atoms with van der Waals surface area (Å²) in [5.41, 5.74) is 10.1. The predicted molar refractivity (Wildman–Crippen MR) is 81.7 cm³/mol. The molecule has 20 heavy (non-hydrogen) atoms. The molecule has 0 saturated carbocycles. The molecule has 3 heteroatoms. The molecule has 0 amide bonds. The average molecular weight is 270 g/mol. The highest BCUT2D eigenvalue weighted by atomic mass is 16.5. The molecule has 1 heterocycles. The van der Waals surface area contributed by atoms with Crippen molar-refractivity contribution in [1.82, 2.24) is 4.98 Å². The minimum Gasteiger partial charge on any atom is -0.487 e. The summed E-state index contributed by atoms with van der Waals surface area (Å²) in [5, 5.41) is 0. The van der Waals surface area contributed by atoms with Crippen LogP contribution in [0.15, 0.2) is 36.5 Å². The van der Waals surface area contributed by atoms with Gasteiger partial charge < -0.3 is 10.5 Å². The fourth-order valence-corrected chi connectivity index (χ4v) is 2.20. The number of rotatable bonds is 5. The lowest BCUT2D eigenvalue weighted by Crippen LogP contribution is -2.02. The van der Waals surface area contributed by atoms with E-state index in [9.17, 15) is 0 Å². The molecule has 0 aliphatic carbocycles. The zero-order chi connectivity index (χ0) is 14.5. The van der Waals surface area contributed by atoms with Gasteiger partial charge in [0.2, 0.25) is 0 Å². The molecule has 106 valence electrons. The number of nitrogens with two attached hydrogens (primary N) is 1. The van der Waals surface area contributed by atoms with Crippen LogP contribution in [-0.2, 0) is 13.2 Å². The third-order valence-corrected chi connectivity index (χ3v) is 3.37. The Labute approximate surface area is 120 Å². The summed E-state index contributed by atoms with van der Waals surface area (Å²) >= 11 is 0. The Morgan fingerprint density at radius 2 is 2.00 bits per heavy atom. The van der Waals surface area contributed by atoms with Crippen LogP contribution in [0.4, 0.5) is 0 Å². The van der Waals surface area contributed by atoms with Crippen LogP contribution < -0.4 is 10.5 Å². The van der Waals surface area contributed by atoms with Crippen molar-refractivity contribution >= 4 is 0 Å². The summed E-state index contributed by atoms with van der Waals surface area (Å²) in [7, 11) is 0. The third-order valence-electron chi connectivity index (χ3n) is 3.37. The van der Waals surface area contributed by atoms with Gasteiger partial charge >= 0.3 is 0 Å². The normalized spacial score (nSPS) is 10.8. The molecule has 0 unspecified atom stereocenters. The molecule has 2 rings (SSSR count). The Morgan fingerprint density at radius 3 is 2.55 bits per heavy atom. The molecule has 0 atom stereocenters. The van der Waals surface area contributed by atoms with Gasteiger partial charge in [-0.2, -0.15) is 0 Å². The largest absolute Gasteiger partial charge is 0.487 e. The quantitative estimate of drug-likeness (QED) is 0.903. The van der Waals surface area contributed by atoms with E-state index in [1.54, 1.807) is 6.20 Å². The van der Waals surface area contributed by atoms with Crippen molar-refractivity contribution in [3.8, 4) is 5.75 Å². The summed E-state index contributed by atoms with van der Waals surface area (Å²) in [4.78, 5) is 4.33. The van der Waals surface area contributed by atoms with E-state index < -0.39 is 0 Å². The van der Waals surface area contributed by atoms with E-state index >= 15 is 0 Å². The fourth-order valence-electron chi connectivity index (χ4n) is 2.20. The second kappa shape index (κ2) is 6.53. The number of nitrogens with zero attached hydrogens (tertiary/aromatic N) is 1. The summed E-state index contributed by atoms with van der Waals surface area (Å²) in [6, 6.07) is 10.2. The molecular weight excluding hydrogens is 248 g/mol. The van der Waals surface area contributed by atoms with Crippen LogP contribution in [0.25, 0.3) is 0 Å². The van der Waals surface area contributed by atoms with Crippen molar-refractivity contribution in [2.24, 2.45) is 5.73 Å². The van der Waals surface area contributed by atoms with E-state index in [0.717, 1.165) is 17.0 Å². The Bertz CT molecular complexity index is 562. The molecular formula is C17H22N2O. The maximum absolute atomic E-state index is 5.79. The molecule has 2 aromatic rings. The monoisotopic (exact) mass is 270 g/mol. The van der Waals surface area contributed by atoms with Crippen molar-refractivity contribution in [2.75, 3.05) is 0 Å². The first-order valence-corrected chi connectivity index (χ1v) is 6.97.